The molecule has 4 rings (SSSR count). The van der Waals surface area contributed by atoms with Crippen LogP contribution in [0, 0.1) is 0 Å². The number of ether oxygens (including phenoxy) is 1. The molecule has 0 N–H and O–H groups in total. The van der Waals surface area contributed by atoms with Crippen LogP contribution in [0.3, 0.4) is 0 Å². The molecule has 8 heteroatoms. The lowest BCUT2D eigenvalue weighted by atomic mass is 9.81. The van der Waals surface area contributed by atoms with Crippen molar-refractivity contribution in [3.8, 4) is 17.1 Å². The van der Waals surface area contributed by atoms with Gasteiger partial charge in [-0.1, -0.05) is 5.16 Å². The van der Waals surface area contributed by atoms with Crippen molar-refractivity contribution in [2.75, 3.05) is 19.3 Å². The summed E-state index contributed by atoms with van der Waals surface area (Å²) in [6.07, 6.45) is 5.20. The lowest BCUT2D eigenvalue weighted by molar-refractivity contribution is -0.0355. The maximum atomic E-state index is 11.4. The molecular formula is C21H29N3O4S. The minimum Gasteiger partial charge on any atom is -0.487 e. The number of piperidine rings is 1. The summed E-state index contributed by atoms with van der Waals surface area (Å²) in [5.41, 5.74) is 2.09. The maximum absolute atomic E-state index is 11.4. The molecule has 1 spiro atoms. The zero-order valence-electron chi connectivity index (χ0n) is 17.6. The number of sulfone groups is 1. The summed E-state index contributed by atoms with van der Waals surface area (Å²) in [5.74, 6) is 1.21. The van der Waals surface area contributed by atoms with Gasteiger partial charge < -0.3 is 9.26 Å². The second kappa shape index (κ2) is 7.09. The number of hydrogen-bond donors (Lipinski definition) is 0. The Hall–Kier alpha value is -1.93. The number of aromatic nitrogens is 2. The Bertz CT molecular complexity index is 999. The van der Waals surface area contributed by atoms with Crippen LogP contribution in [0.5, 0.6) is 5.75 Å². The number of nitrogens with zero attached hydrogens (tertiary/aromatic N) is 3. The molecule has 1 saturated heterocycles. The largest absolute Gasteiger partial charge is 0.487 e. The molecule has 29 heavy (non-hydrogen) atoms. The van der Waals surface area contributed by atoms with E-state index in [1.165, 1.54) is 0 Å². The molecular weight excluding hydrogens is 390 g/mol. The molecule has 2 aromatic rings. The molecule has 0 unspecified atom stereocenters. The van der Waals surface area contributed by atoms with Gasteiger partial charge in [-0.2, -0.15) is 4.98 Å². The first-order valence-corrected chi connectivity index (χ1v) is 12.2. The third kappa shape index (κ3) is 4.48. The predicted molar refractivity (Wildman–Crippen MR) is 111 cm³/mol. The van der Waals surface area contributed by atoms with Gasteiger partial charge in [0.1, 0.15) is 17.1 Å². The fraction of sp³-hybridized carbons (Fsp3) is 0.619. The SMILES string of the molecule is CC(C)(C)N1CCC2(CCc3cc(-c4noc(CS(C)(=O)=O)n4)ccc3O2)CC1. The molecule has 0 aliphatic carbocycles. The van der Waals surface area contributed by atoms with E-state index in [1.54, 1.807) is 0 Å². The van der Waals surface area contributed by atoms with E-state index in [0.717, 1.165) is 61.9 Å². The Morgan fingerprint density at radius 2 is 1.90 bits per heavy atom. The molecule has 1 aromatic heterocycles. The van der Waals surface area contributed by atoms with E-state index in [1.807, 2.05) is 18.2 Å². The molecule has 2 aliphatic rings. The fourth-order valence-electron chi connectivity index (χ4n) is 4.25. The van der Waals surface area contributed by atoms with Crippen LogP contribution in [0.4, 0.5) is 0 Å². The van der Waals surface area contributed by atoms with Gasteiger partial charge in [-0.25, -0.2) is 8.42 Å². The molecule has 7 nitrogen and oxygen atoms in total. The summed E-state index contributed by atoms with van der Waals surface area (Å²) in [6.45, 7) is 8.92. The molecule has 0 atom stereocenters. The lowest BCUT2D eigenvalue weighted by Gasteiger charge is -2.48. The predicted octanol–water partition coefficient (Wildman–Crippen LogP) is 3.24. The monoisotopic (exact) mass is 419 g/mol. The summed E-state index contributed by atoms with van der Waals surface area (Å²) in [5, 5.41) is 3.94. The number of aryl methyl sites for hydroxylation is 1. The zero-order valence-corrected chi connectivity index (χ0v) is 18.4. The van der Waals surface area contributed by atoms with Crippen LogP contribution in [0.1, 0.15) is 51.5 Å². The van der Waals surface area contributed by atoms with Crippen LogP contribution in [0.25, 0.3) is 11.4 Å². The molecule has 1 fully saturated rings. The summed E-state index contributed by atoms with van der Waals surface area (Å²) in [6, 6.07) is 5.92. The van der Waals surface area contributed by atoms with Gasteiger partial charge in [0.15, 0.2) is 9.84 Å². The topological polar surface area (TPSA) is 85.5 Å². The van der Waals surface area contributed by atoms with Crippen molar-refractivity contribution < 1.29 is 17.7 Å². The minimum atomic E-state index is -3.21. The highest BCUT2D eigenvalue weighted by Crippen LogP contribution is 2.41. The highest BCUT2D eigenvalue weighted by molar-refractivity contribution is 7.89. The van der Waals surface area contributed by atoms with Crippen molar-refractivity contribution in [2.24, 2.45) is 0 Å². The van der Waals surface area contributed by atoms with Crippen molar-refractivity contribution in [1.82, 2.24) is 15.0 Å². The Labute approximate surface area is 172 Å². The van der Waals surface area contributed by atoms with Crippen LogP contribution in [0.2, 0.25) is 0 Å². The maximum Gasteiger partial charge on any atom is 0.242 e. The quantitative estimate of drug-likeness (QED) is 0.755. The van der Waals surface area contributed by atoms with Gasteiger partial charge in [-0.05, 0) is 70.2 Å². The Kier molecular flexibility index (Phi) is 4.98. The third-order valence-corrected chi connectivity index (χ3v) is 6.74. The van der Waals surface area contributed by atoms with E-state index in [-0.39, 0.29) is 22.8 Å². The second-order valence-electron chi connectivity index (χ2n) is 9.35. The Morgan fingerprint density at radius 3 is 2.55 bits per heavy atom. The van der Waals surface area contributed by atoms with Gasteiger partial charge in [0, 0.05) is 30.4 Å². The van der Waals surface area contributed by atoms with Gasteiger partial charge in [0.2, 0.25) is 11.7 Å². The number of fused-ring (bicyclic) bond motifs is 1. The van der Waals surface area contributed by atoms with Crippen molar-refractivity contribution >= 4 is 9.84 Å². The van der Waals surface area contributed by atoms with Gasteiger partial charge in [-0.3, -0.25) is 4.90 Å². The van der Waals surface area contributed by atoms with Gasteiger partial charge in [-0.15, -0.1) is 0 Å². The van der Waals surface area contributed by atoms with E-state index in [2.05, 4.69) is 35.8 Å². The summed E-state index contributed by atoms with van der Waals surface area (Å²) >= 11 is 0. The first kappa shape index (κ1) is 20.3. The van der Waals surface area contributed by atoms with Crippen molar-refractivity contribution in [2.45, 2.75) is 63.3 Å². The van der Waals surface area contributed by atoms with Crippen LogP contribution < -0.4 is 4.74 Å². The Balaban J connectivity index is 1.48. The van der Waals surface area contributed by atoms with Gasteiger partial charge in [0.05, 0.1) is 0 Å². The normalized spacial score (nSPS) is 19.7. The molecule has 0 bridgehead atoms. The summed E-state index contributed by atoms with van der Waals surface area (Å²) in [7, 11) is -3.21. The van der Waals surface area contributed by atoms with Crippen LogP contribution in [-0.2, 0) is 22.0 Å². The summed E-state index contributed by atoms with van der Waals surface area (Å²) < 4.78 is 34.4. The number of hydrogen-bond acceptors (Lipinski definition) is 7. The average Bonchev–Trinajstić information content (AvgIpc) is 3.07. The summed E-state index contributed by atoms with van der Waals surface area (Å²) in [4.78, 5) is 6.76. The molecule has 158 valence electrons. The van der Waals surface area contributed by atoms with Gasteiger partial charge in [0.25, 0.3) is 0 Å². The van der Waals surface area contributed by atoms with Crippen molar-refractivity contribution in [3.05, 3.63) is 29.7 Å². The van der Waals surface area contributed by atoms with E-state index in [0.29, 0.717) is 5.82 Å². The number of benzene rings is 1. The first-order chi connectivity index (χ1) is 13.5. The third-order valence-electron chi connectivity index (χ3n) is 5.97. The van der Waals surface area contributed by atoms with E-state index >= 15 is 0 Å². The fourth-order valence-corrected chi connectivity index (χ4v) is 4.82. The van der Waals surface area contributed by atoms with Gasteiger partial charge >= 0.3 is 0 Å². The van der Waals surface area contributed by atoms with E-state index in [9.17, 15) is 8.42 Å². The highest BCUT2D eigenvalue weighted by Gasteiger charge is 2.41. The second-order valence-corrected chi connectivity index (χ2v) is 11.5. The highest BCUT2D eigenvalue weighted by atomic mass is 32.2. The molecule has 0 radical (unpaired) electrons. The lowest BCUT2D eigenvalue weighted by Crippen LogP contribution is -2.54. The van der Waals surface area contributed by atoms with Crippen LogP contribution >= 0.6 is 0 Å². The minimum absolute atomic E-state index is 0.0644. The standard InChI is InChI=1S/C21H29N3O4S/c1-20(2,3)24-11-9-21(10-12-24)8-7-15-13-16(5-6-17(15)27-21)19-22-18(28-23-19)14-29(4,25)26/h5-6,13H,7-12,14H2,1-4H3. The smallest absolute Gasteiger partial charge is 0.242 e. The Morgan fingerprint density at radius 1 is 1.17 bits per heavy atom. The van der Waals surface area contributed by atoms with E-state index in [4.69, 9.17) is 9.26 Å². The zero-order chi connectivity index (χ0) is 20.9. The molecule has 3 heterocycles. The average molecular weight is 420 g/mol. The van der Waals surface area contributed by atoms with Crippen LogP contribution in [-0.4, -0.2) is 53.9 Å². The molecule has 1 aromatic carbocycles. The number of likely N-dealkylation sites (tertiary alicyclic amines) is 1. The van der Waals surface area contributed by atoms with Crippen LogP contribution in [0.15, 0.2) is 22.7 Å². The van der Waals surface area contributed by atoms with E-state index < -0.39 is 9.84 Å². The van der Waals surface area contributed by atoms with Crippen molar-refractivity contribution in [1.29, 1.82) is 0 Å². The first-order valence-electron chi connectivity index (χ1n) is 10.1. The number of rotatable bonds is 3. The molecule has 2 aliphatic heterocycles. The molecule has 0 saturated carbocycles. The molecule has 0 amide bonds. The van der Waals surface area contributed by atoms with Crippen molar-refractivity contribution in [3.63, 3.8) is 0 Å².